The van der Waals surface area contributed by atoms with Gasteiger partial charge in [0.15, 0.2) is 5.78 Å². The highest BCUT2D eigenvalue weighted by molar-refractivity contribution is 6.42. The molecular formula is C22H20Cl2N4O. The number of halogens is 2. The lowest BCUT2D eigenvalue weighted by molar-refractivity contribution is 0.0953. The van der Waals surface area contributed by atoms with Gasteiger partial charge in [0.2, 0.25) is 5.95 Å². The summed E-state index contributed by atoms with van der Waals surface area (Å²) in [4.78, 5) is 22.0. The van der Waals surface area contributed by atoms with Gasteiger partial charge >= 0.3 is 0 Å². The summed E-state index contributed by atoms with van der Waals surface area (Å²) in [6.45, 7) is 4.08. The average molecular weight is 427 g/mol. The molecule has 0 radical (unpaired) electrons. The molecule has 4 rings (SSSR count). The molecule has 0 amide bonds. The van der Waals surface area contributed by atoms with Crippen molar-refractivity contribution in [1.82, 2.24) is 9.97 Å². The van der Waals surface area contributed by atoms with Crippen LogP contribution in [-0.2, 0) is 6.42 Å². The number of hydrogen-bond acceptors (Lipinski definition) is 5. The van der Waals surface area contributed by atoms with E-state index in [0.29, 0.717) is 39.5 Å². The number of aromatic nitrogens is 2. The van der Waals surface area contributed by atoms with Gasteiger partial charge in [-0.05, 0) is 55.2 Å². The van der Waals surface area contributed by atoms with Crippen LogP contribution in [0.25, 0.3) is 0 Å². The van der Waals surface area contributed by atoms with Gasteiger partial charge in [-0.25, -0.2) is 4.98 Å². The minimum Gasteiger partial charge on any atom is -0.339 e. The van der Waals surface area contributed by atoms with E-state index < -0.39 is 0 Å². The minimum atomic E-state index is 0.0448. The summed E-state index contributed by atoms with van der Waals surface area (Å²) in [6.07, 6.45) is 1.21. The monoisotopic (exact) mass is 426 g/mol. The van der Waals surface area contributed by atoms with E-state index in [4.69, 9.17) is 23.2 Å². The highest BCUT2D eigenvalue weighted by Gasteiger charge is 2.28. The number of Topliss-reactive ketones (excluding diaryl/α,β-unsaturated/α-hetero) is 1. The van der Waals surface area contributed by atoms with Gasteiger partial charge in [-0.2, -0.15) is 4.98 Å². The first-order valence-electron chi connectivity index (χ1n) is 9.39. The van der Waals surface area contributed by atoms with Crippen molar-refractivity contribution < 1.29 is 4.79 Å². The molecule has 1 aromatic heterocycles. The Morgan fingerprint density at radius 1 is 0.966 bits per heavy atom. The summed E-state index contributed by atoms with van der Waals surface area (Å²) >= 11 is 12.2. The number of ketones is 1. The fourth-order valence-corrected chi connectivity index (χ4v) is 3.78. The fourth-order valence-electron chi connectivity index (χ4n) is 3.48. The van der Waals surface area contributed by atoms with E-state index in [1.54, 1.807) is 18.2 Å². The summed E-state index contributed by atoms with van der Waals surface area (Å²) in [5.74, 6) is 1.21. The SMILES string of the molecule is Cc1cccc(Nc2nc3c(c(Nc4ccc(Cl)c(Cl)c4)n2)C(=O)CC(C)C3)c1. The van der Waals surface area contributed by atoms with E-state index in [1.165, 1.54) is 0 Å². The number of nitrogens with one attached hydrogen (secondary N) is 2. The molecule has 2 N–H and O–H groups in total. The number of anilines is 4. The maximum atomic E-state index is 12.8. The van der Waals surface area contributed by atoms with Crippen LogP contribution in [0.4, 0.5) is 23.1 Å². The van der Waals surface area contributed by atoms with Gasteiger partial charge < -0.3 is 10.6 Å². The molecule has 1 atom stereocenters. The molecule has 1 heterocycles. The Bertz CT molecular complexity index is 1100. The highest BCUT2D eigenvalue weighted by Crippen LogP contribution is 2.33. The lowest BCUT2D eigenvalue weighted by Gasteiger charge is -2.23. The van der Waals surface area contributed by atoms with Crippen LogP contribution >= 0.6 is 23.2 Å². The Labute approximate surface area is 179 Å². The zero-order valence-electron chi connectivity index (χ0n) is 16.1. The standard InChI is InChI=1S/C22H20Cl2N4O/c1-12-4-3-5-14(8-12)26-22-27-18-9-13(2)10-19(29)20(18)21(28-22)25-15-6-7-16(23)17(24)11-15/h3-8,11,13H,9-10H2,1-2H3,(H2,25,26,27,28). The Morgan fingerprint density at radius 3 is 2.52 bits per heavy atom. The van der Waals surface area contributed by atoms with Crippen LogP contribution in [0.2, 0.25) is 10.0 Å². The normalized spacial score (nSPS) is 15.7. The Morgan fingerprint density at radius 2 is 1.76 bits per heavy atom. The maximum absolute atomic E-state index is 12.8. The molecule has 0 fully saturated rings. The van der Waals surface area contributed by atoms with Crippen molar-refractivity contribution in [3.05, 3.63) is 69.3 Å². The summed E-state index contributed by atoms with van der Waals surface area (Å²) in [6, 6.07) is 13.2. The van der Waals surface area contributed by atoms with Crippen LogP contribution in [0, 0.1) is 12.8 Å². The lowest BCUT2D eigenvalue weighted by atomic mass is 9.87. The number of benzene rings is 2. The number of fused-ring (bicyclic) bond motifs is 1. The topological polar surface area (TPSA) is 66.9 Å². The second-order valence-electron chi connectivity index (χ2n) is 7.40. The van der Waals surface area contributed by atoms with Crippen molar-refractivity contribution in [2.45, 2.75) is 26.7 Å². The molecule has 0 aliphatic heterocycles. The van der Waals surface area contributed by atoms with E-state index >= 15 is 0 Å². The number of aryl methyl sites for hydroxylation is 1. The fraction of sp³-hybridized carbons (Fsp3) is 0.227. The van der Waals surface area contributed by atoms with Crippen LogP contribution in [-0.4, -0.2) is 15.8 Å². The van der Waals surface area contributed by atoms with Crippen molar-refractivity contribution >= 4 is 52.1 Å². The predicted octanol–water partition coefficient (Wildman–Crippen LogP) is 6.34. The third kappa shape index (κ3) is 4.36. The van der Waals surface area contributed by atoms with Gasteiger partial charge in [0, 0.05) is 17.8 Å². The van der Waals surface area contributed by atoms with Crippen molar-refractivity contribution in [2.75, 3.05) is 10.6 Å². The quantitative estimate of drug-likeness (QED) is 0.508. The largest absolute Gasteiger partial charge is 0.339 e. The number of carbonyl (C=O) groups is 1. The van der Waals surface area contributed by atoms with E-state index in [1.807, 2.05) is 31.2 Å². The van der Waals surface area contributed by atoms with Gasteiger partial charge in [0.1, 0.15) is 5.82 Å². The maximum Gasteiger partial charge on any atom is 0.229 e. The van der Waals surface area contributed by atoms with Gasteiger partial charge in [-0.15, -0.1) is 0 Å². The van der Waals surface area contributed by atoms with Crippen LogP contribution in [0.5, 0.6) is 0 Å². The van der Waals surface area contributed by atoms with Crippen molar-refractivity contribution in [3.63, 3.8) is 0 Å². The molecule has 7 heteroatoms. The summed E-state index contributed by atoms with van der Waals surface area (Å²) in [5, 5.41) is 7.37. The molecule has 1 aliphatic rings. The molecule has 1 unspecified atom stereocenters. The summed E-state index contributed by atoms with van der Waals surface area (Å²) < 4.78 is 0. The van der Waals surface area contributed by atoms with Crippen LogP contribution in [0.3, 0.4) is 0 Å². The molecule has 0 bridgehead atoms. The number of hydrogen-bond donors (Lipinski definition) is 2. The Balaban J connectivity index is 1.76. The second-order valence-corrected chi connectivity index (χ2v) is 8.22. The van der Waals surface area contributed by atoms with E-state index in [2.05, 4.69) is 27.5 Å². The molecule has 29 heavy (non-hydrogen) atoms. The first kappa shape index (κ1) is 19.7. The molecular weight excluding hydrogens is 407 g/mol. The van der Waals surface area contributed by atoms with Gasteiger partial charge in [0.05, 0.1) is 21.3 Å². The summed E-state index contributed by atoms with van der Waals surface area (Å²) in [5.41, 5.74) is 4.02. The first-order valence-corrected chi connectivity index (χ1v) is 10.1. The van der Waals surface area contributed by atoms with Crippen molar-refractivity contribution in [1.29, 1.82) is 0 Å². The minimum absolute atomic E-state index is 0.0448. The zero-order chi connectivity index (χ0) is 20.5. The van der Waals surface area contributed by atoms with Crippen molar-refractivity contribution in [2.24, 2.45) is 5.92 Å². The molecule has 2 aromatic carbocycles. The average Bonchev–Trinajstić information content (AvgIpc) is 2.64. The van der Waals surface area contributed by atoms with Crippen LogP contribution in [0.15, 0.2) is 42.5 Å². The van der Waals surface area contributed by atoms with Crippen LogP contribution in [0.1, 0.15) is 35.0 Å². The number of nitrogens with zero attached hydrogens (tertiary/aromatic N) is 2. The Hall–Kier alpha value is -2.63. The number of rotatable bonds is 4. The highest BCUT2D eigenvalue weighted by atomic mass is 35.5. The third-order valence-corrected chi connectivity index (χ3v) is 5.53. The first-order chi connectivity index (χ1) is 13.9. The van der Waals surface area contributed by atoms with Gasteiger partial charge in [0.25, 0.3) is 0 Å². The van der Waals surface area contributed by atoms with E-state index in [-0.39, 0.29) is 11.7 Å². The smallest absolute Gasteiger partial charge is 0.229 e. The third-order valence-electron chi connectivity index (χ3n) is 4.80. The molecule has 5 nitrogen and oxygen atoms in total. The molecule has 1 aliphatic carbocycles. The van der Waals surface area contributed by atoms with Gasteiger partial charge in [-0.3, -0.25) is 4.79 Å². The summed E-state index contributed by atoms with van der Waals surface area (Å²) in [7, 11) is 0. The van der Waals surface area contributed by atoms with E-state index in [9.17, 15) is 4.79 Å². The molecule has 3 aromatic rings. The molecule has 0 saturated carbocycles. The van der Waals surface area contributed by atoms with E-state index in [0.717, 1.165) is 23.4 Å². The molecule has 148 valence electrons. The second kappa shape index (κ2) is 8.01. The molecule has 0 saturated heterocycles. The predicted molar refractivity (Wildman–Crippen MR) is 118 cm³/mol. The lowest BCUT2D eigenvalue weighted by Crippen LogP contribution is -2.22. The van der Waals surface area contributed by atoms with Gasteiger partial charge in [-0.1, -0.05) is 42.3 Å². The van der Waals surface area contributed by atoms with Crippen LogP contribution < -0.4 is 10.6 Å². The Kier molecular flexibility index (Phi) is 5.43. The zero-order valence-corrected chi connectivity index (χ0v) is 17.6. The number of carbonyl (C=O) groups excluding carboxylic acids is 1. The molecule has 0 spiro atoms. The van der Waals surface area contributed by atoms with Crippen molar-refractivity contribution in [3.8, 4) is 0 Å².